The van der Waals surface area contributed by atoms with Crippen LogP contribution in [-0.4, -0.2) is 43.5 Å². The molecule has 1 heterocycles. The predicted molar refractivity (Wildman–Crippen MR) is 80.2 cm³/mol. The van der Waals surface area contributed by atoms with Crippen LogP contribution in [0.1, 0.15) is 30.6 Å². The summed E-state index contributed by atoms with van der Waals surface area (Å²) in [4.78, 5) is 13.9. The van der Waals surface area contributed by atoms with Gasteiger partial charge in [-0.3, -0.25) is 9.69 Å². The van der Waals surface area contributed by atoms with Crippen LogP contribution in [0, 0.1) is 5.41 Å². The lowest BCUT2D eigenvalue weighted by Crippen LogP contribution is -2.33. The van der Waals surface area contributed by atoms with Gasteiger partial charge in [0.15, 0.2) is 5.78 Å². The minimum Gasteiger partial charge on any atom is -0.491 e. The van der Waals surface area contributed by atoms with Crippen LogP contribution in [0.3, 0.4) is 0 Å². The molecular formula is C16H24N2O2. The maximum atomic E-state index is 11.5. The largest absolute Gasteiger partial charge is 0.491 e. The molecule has 2 rings (SSSR count). The molecule has 0 amide bonds. The molecule has 0 radical (unpaired) electrons. The van der Waals surface area contributed by atoms with Gasteiger partial charge in [-0.2, -0.15) is 0 Å². The molecule has 0 aliphatic carbocycles. The van der Waals surface area contributed by atoms with Crippen molar-refractivity contribution in [2.24, 2.45) is 11.1 Å². The Bertz CT molecular complexity index is 475. The van der Waals surface area contributed by atoms with Crippen molar-refractivity contribution in [1.82, 2.24) is 4.90 Å². The summed E-state index contributed by atoms with van der Waals surface area (Å²) in [6, 6.07) is 7.41. The third-order valence-corrected chi connectivity index (χ3v) is 4.06. The summed E-state index contributed by atoms with van der Waals surface area (Å²) < 4.78 is 5.77. The van der Waals surface area contributed by atoms with E-state index >= 15 is 0 Å². The molecule has 4 nitrogen and oxygen atoms in total. The molecule has 1 atom stereocenters. The quantitative estimate of drug-likeness (QED) is 0.807. The zero-order valence-corrected chi connectivity index (χ0v) is 12.4. The number of nitrogens with zero attached hydrogens (tertiary/aromatic N) is 1. The Morgan fingerprint density at radius 3 is 2.85 bits per heavy atom. The van der Waals surface area contributed by atoms with Crippen LogP contribution in [0.15, 0.2) is 24.3 Å². The minimum absolute atomic E-state index is 0.0393. The Morgan fingerprint density at radius 1 is 1.45 bits per heavy atom. The summed E-state index contributed by atoms with van der Waals surface area (Å²) in [7, 11) is 0. The van der Waals surface area contributed by atoms with E-state index < -0.39 is 0 Å². The molecule has 1 aromatic rings. The maximum Gasteiger partial charge on any atom is 0.163 e. The number of ether oxygens (including phenoxy) is 1. The normalized spacial score (nSPS) is 22.9. The standard InChI is InChI=1S/C16H24N2O2/c1-13(19)14-5-3-4-6-15(14)20-10-9-18-8-7-16(2,11-17)12-18/h3-6H,7-12,17H2,1-2H3. The van der Waals surface area contributed by atoms with Crippen molar-refractivity contribution in [2.45, 2.75) is 20.3 Å². The number of carbonyl (C=O) groups is 1. The van der Waals surface area contributed by atoms with E-state index in [1.54, 1.807) is 13.0 Å². The smallest absolute Gasteiger partial charge is 0.163 e. The summed E-state index contributed by atoms with van der Waals surface area (Å²) in [6.45, 7) is 8.12. The number of carbonyl (C=O) groups excluding carboxylic acids is 1. The molecule has 110 valence electrons. The van der Waals surface area contributed by atoms with Crippen LogP contribution in [0.2, 0.25) is 0 Å². The zero-order valence-electron chi connectivity index (χ0n) is 12.4. The topological polar surface area (TPSA) is 55.6 Å². The monoisotopic (exact) mass is 276 g/mol. The highest BCUT2D eigenvalue weighted by Crippen LogP contribution is 2.28. The first-order chi connectivity index (χ1) is 9.54. The number of likely N-dealkylation sites (tertiary alicyclic amines) is 1. The van der Waals surface area contributed by atoms with Crippen molar-refractivity contribution in [3.8, 4) is 5.75 Å². The van der Waals surface area contributed by atoms with Crippen molar-refractivity contribution in [3.05, 3.63) is 29.8 Å². The molecule has 1 aliphatic rings. The van der Waals surface area contributed by atoms with Gasteiger partial charge in [0.1, 0.15) is 12.4 Å². The van der Waals surface area contributed by atoms with Crippen LogP contribution in [0.5, 0.6) is 5.75 Å². The molecule has 1 aromatic carbocycles. The SMILES string of the molecule is CC(=O)c1ccccc1OCCN1CCC(C)(CN)C1. The van der Waals surface area contributed by atoms with Gasteiger partial charge in [-0.25, -0.2) is 0 Å². The number of rotatable bonds is 6. The summed E-state index contributed by atoms with van der Waals surface area (Å²) in [5, 5.41) is 0. The zero-order chi connectivity index (χ0) is 14.6. The number of hydrogen-bond donors (Lipinski definition) is 1. The third kappa shape index (κ3) is 3.58. The number of ketones is 1. The molecular weight excluding hydrogens is 252 g/mol. The summed E-state index contributed by atoms with van der Waals surface area (Å²) in [6.07, 6.45) is 1.15. The molecule has 0 saturated carbocycles. The number of nitrogens with two attached hydrogens (primary N) is 1. The number of benzene rings is 1. The van der Waals surface area contributed by atoms with E-state index in [2.05, 4.69) is 11.8 Å². The predicted octanol–water partition coefficient (Wildman–Crippen LogP) is 1.94. The van der Waals surface area contributed by atoms with E-state index in [4.69, 9.17) is 10.5 Å². The lowest BCUT2D eigenvalue weighted by molar-refractivity contribution is 0.101. The van der Waals surface area contributed by atoms with Crippen molar-refractivity contribution >= 4 is 5.78 Å². The van der Waals surface area contributed by atoms with Gasteiger partial charge in [-0.05, 0) is 44.0 Å². The van der Waals surface area contributed by atoms with Crippen LogP contribution >= 0.6 is 0 Å². The second-order valence-corrected chi connectivity index (χ2v) is 5.94. The number of Topliss-reactive ketones (excluding diaryl/α,β-unsaturated/α-hetero) is 1. The number of hydrogen-bond acceptors (Lipinski definition) is 4. The first-order valence-electron chi connectivity index (χ1n) is 7.19. The van der Waals surface area contributed by atoms with Crippen LogP contribution in [0.4, 0.5) is 0 Å². The highest BCUT2D eigenvalue weighted by Gasteiger charge is 2.31. The molecule has 1 aliphatic heterocycles. The van der Waals surface area contributed by atoms with E-state index in [0.717, 1.165) is 32.6 Å². The highest BCUT2D eigenvalue weighted by atomic mass is 16.5. The van der Waals surface area contributed by atoms with E-state index in [-0.39, 0.29) is 11.2 Å². The molecule has 0 aromatic heterocycles. The first kappa shape index (κ1) is 15.0. The van der Waals surface area contributed by atoms with Gasteiger partial charge in [0.05, 0.1) is 5.56 Å². The van der Waals surface area contributed by atoms with Gasteiger partial charge in [0, 0.05) is 13.1 Å². The van der Waals surface area contributed by atoms with Gasteiger partial charge in [-0.15, -0.1) is 0 Å². The lowest BCUT2D eigenvalue weighted by atomic mass is 9.90. The Hall–Kier alpha value is -1.39. The minimum atomic E-state index is 0.0393. The molecule has 1 fully saturated rings. The molecule has 2 N–H and O–H groups in total. The Kier molecular flexibility index (Phi) is 4.78. The molecule has 0 bridgehead atoms. The Balaban J connectivity index is 1.84. The molecule has 4 heteroatoms. The third-order valence-electron chi connectivity index (χ3n) is 4.06. The second-order valence-electron chi connectivity index (χ2n) is 5.94. The average molecular weight is 276 g/mol. The van der Waals surface area contributed by atoms with Crippen molar-refractivity contribution < 1.29 is 9.53 Å². The molecule has 1 unspecified atom stereocenters. The highest BCUT2D eigenvalue weighted by molar-refractivity contribution is 5.96. The van der Waals surface area contributed by atoms with E-state index in [1.807, 2.05) is 18.2 Å². The fraction of sp³-hybridized carbons (Fsp3) is 0.562. The second kappa shape index (κ2) is 6.37. The van der Waals surface area contributed by atoms with Gasteiger partial charge < -0.3 is 10.5 Å². The van der Waals surface area contributed by atoms with E-state index in [1.165, 1.54) is 0 Å². The molecule has 20 heavy (non-hydrogen) atoms. The van der Waals surface area contributed by atoms with Crippen LogP contribution < -0.4 is 10.5 Å². The van der Waals surface area contributed by atoms with E-state index in [9.17, 15) is 4.79 Å². The van der Waals surface area contributed by atoms with Gasteiger partial charge in [0.2, 0.25) is 0 Å². The van der Waals surface area contributed by atoms with Gasteiger partial charge in [-0.1, -0.05) is 19.1 Å². The summed E-state index contributed by atoms with van der Waals surface area (Å²) in [5.41, 5.74) is 6.71. The number of para-hydroxylation sites is 1. The van der Waals surface area contributed by atoms with Crippen molar-refractivity contribution in [3.63, 3.8) is 0 Å². The lowest BCUT2D eigenvalue weighted by Gasteiger charge is -2.22. The van der Waals surface area contributed by atoms with Crippen molar-refractivity contribution in [2.75, 3.05) is 32.8 Å². The maximum absolute atomic E-state index is 11.5. The average Bonchev–Trinajstić information content (AvgIpc) is 2.82. The Labute approximate surface area is 120 Å². The molecule has 1 saturated heterocycles. The fourth-order valence-electron chi connectivity index (χ4n) is 2.65. The first-order valence-corrected chi connectivity index (χ1v) is 7.19. The van der Waals surface area contributed by atoms with Gasteiger partial charge in [0.25, 0.3) is 0 Å². The summed E-state index contributed by atoms with van der Waals surface area (Å²) >= 11 is 0. The van der Waals surface area contributed by atoms with Crippen LogP contribution in [-0.2, 0) is 0 Å². The Morgan fingerprint density at radius 2 is 2.20 bits per heavy atom. The molecule has 0 spiro atoms. The van der Waals surface area contributed by atoms with Gasteiger partial charge >= 0.3 is 0 Å². The van der Waals surface area contributed by atoms with E-state index in [0.29, 0.717) is 17.9 Å². The van der Waals surface area contributed by atoms with Crippen molar-refractivity contribution in [1.29, 1.82) is 0 Å². The summed E-state index contributed by atoms with van der Waals surface area (Å²) in [5.74, 6) is 0.721. The van der Waals surface area contributed by atoms with Crippen LogP contribution in [0.25, 0.3) is 0 Å². The fourth-order valence-corrected chi connectivity index (χ4v) is 2.65.